The van der Waals surface area contributed by atoms with Gasteiger partial charge in [-0.05, 0) is 49.5 Å². The maximum absolute atomic E-state index is 13.1. The first kappa shape index (κ1) is 12.8. The molecule has 0 radical (unpaired) electrons. The van der Waals surface area contributed by atoms with E-state index in [1.165, 1.54) is 12.5 Å². The summed E-state index contributed by atoms with van der Waals surface area (Å²) in [5.74, 6) is 0.352. The first-order chi connectivity index (χ1) is 8.25. The van der Waals surface area contributed by atoms with Crippen LogP contribution in [0.4, 0.5) is 4.39 Å². The smallest absolute Gasteiger partial charge is 0.142 e. The highest BCUT2D eigenvalue weighted by Gasteiger charge is 2.13. The minimum Gasteiger partial charge on any atom is -0.377 e. The minimum atomic E-state index is -0.382. The second kappa shape index (κ2) is 6.34. The average Bonchev–Trinajstić information content (AvgIpc) is 2.82. The van der Waals surface area contributed by atoms with Gasteiger partial charge in [-0.1, -0.05) is 17.7 Å². The van der Waals surface area contributed by atoms with Gasteiger partial charge in [0.1, 0.15) is 5.82 Å². The van der Waals surface area contributed by atoms with Crippen molar-refractivity contribution in [1.29, 1.82) is 0 Å². The van der Waals surface area contributed by atoms with E-state index >= 15 is 0 Å². The maximum Gasteiger partial charge on any atom is 0.142 e. The molecule has 1 atom stereocenters. The van der Waals surface area contributed by atoms with Crippen LogP contribution in [0.3, 0.4) is 0 Å². The highest BCUT2D eigenvalue weighted by atomic mass is 35.5. The molecule has 1 N–H and O–H groups in total. The normalized spacial score (nSPS) is 19.8. The lowest BCUT2D eigenvalue weighted by Crippen LogP contribution is -2.10. The largest absolute Gasteiger partial charge is 0.377 e. The SMILES string of the molecule is Fc1cc(COCCC2CCNC2)ccc1Cl. The predicted molar refractivity (Wildman–Crippen MR) is 66.7 cm³/mol. The molecule has 4 heteroatoms. The quantitative estimate of drug-likeness (QED) is 0.819. The van der Waals surface area contributed by atoms with Crippen molar-refractivity contribution >= 4 is 11.6 Å². The Hall–Kier alpha value is -0.640. The molecule has 1 aliphatic heterocycles. The molecule has 0 saturated carbocycles. The van der Waals surface area contributed by atoms with E-state index in [9.17, 15) is 4.39 Å². The first-order valence-electron chi connectivity index (χ1n) is 5.98. The van der Waals surface area contributed by atoms with Crippen LogP contribution in [0.2, 0.25) is 5.02 Å². The zero-order valence-electron chi connectivity index (χ0n) is 9.72. The third kappa shape index (κ3) is 3.95. The minimum absolute atomic E-state index is 0.158. The molecule has 0 spiro atoms. The molecule has 1 fully saturated rings. The Kier molecular flexibility index (Phi) is 4.77. The summed E-state index contributed by atoms with van der Waals surface area (Å²) < 4.78 is 18.7. The number of rotatable bonds is 5. The highest BCUT2D eigenvalue weighted by Crippen LogP contribution is 2.17. The van der Waals surface area contributed by atoms with Crippen LogP contribution in [0, 0.1) is 11.7 Å². The van der Waals surface area contributed by atoms with Crippen LogP contribution in [0.5, 0.6) is 0 Å². The van der Waals surface area contributed by atoms with Gasteiger partial charge in [0.25, 0.3) is 0 Å². The van der Waals surface area contributed by atoms with Gasteiger partial charge >= 0.3 is 0 Å². The summed E-state index contributed by atoms with van der Waals surface area (Å²) in [4.78, 5) is 0. The van der Waals surface area contributed by atoms with Crippen LogP contribution in [0.25, 0.3) is 0 Å². The van der Waals surface area contributed by atoms with Crippen LogP contribution < -0.4 is 5.32 Å². The van der Waals surface area contributed by atoms with Gasteiger partial charge in [-0.2, -0.15) is 0 Å². The summed E-state index contributed by atoms with van der Waals surface area (Å²) in [6, 6.07) is 4.79. The van der Waals surface area contributed by atoms with Gasteiger partial charge < -0.3 is 10.1 Å². The fourth-order valence-electron chi connectivity index (χ4n) is 2.03. The first-order valence-corrected chi connectivity index (χ1v) is 6.36. The van der Waals surface area contributed by atoms with Crippen molar-refractivity contribution < 1.29 is 9.13 Å². The van der Waals surface area contributed by atoms with Crippen molar-refractivity contribution in [2.75, 3.05) is 19.7 Å². The molecule has 2 rings (SSSR count). The number of hydrogen-bond donors (Lipinski definition) is 1. The van der Waals surface area contributed by atoms with Crippen LogP contribution in [0.1, 0.15) is 18.4 Å². The van der Waals surface area contributed by atoms with Crippen molar-refractivity contribution in [3.63, 3.8) is 0 Å². The van der Waals surface area contributed by atoms with Gasteiger partial charge in [-0.3, -0.25) is 0 Å². The van der Waals surface area contributed by atoms with Crippen LogP contribution in [0.15, 0.2) is 18.2 Å². The van der Waals surface area contributed by atoms with E-state index in [0.717, 1.165) is 37.6 Å². The molecule has 2 nitrogen and oxygen atoms in total. The van der Waals surface area contributed by atoms with Gasteiger partial charge in [0.2, 0.25) is 0 Å². The zero-order chi connectivity index (χ0) is 12.1. The molecule has 1 aromatic rings. The molecule has 1 heterocycles. The fraction of sp³-hybridized carbons (Fsp3) is 0.538. The zero-order valence-corrected chi connectivity index (χ0v) is 10.5. The second-order valence-corrected chi connectivity index (χ2v) is 4.86. The van der Waals surface area contributed by atoms with Crippen molar-refractivity contribution in [3.05, 3.63) is 34.6 Å². The van der Waals surface area contributed by atoms with Crippen molar-refractivity contribution in [1.82, 2.24) is 5.32 Å². The van der Waals surface area contributed by atoms with Gasteiger partial charge in [-0.25, -0.2) is 4.39 Å². The van der Waals surface area contributed by atoms with Crippen LogP contribution in [-0.4, -0.2) is 19.7 Å². The van der Waals surface area contributed by atoms with E-state index in [4.69, 9.17) is 16.3 Å². The predicted octanol–water partition coefficient (Wildman–Crippen LogP) is 3.00. The Labute approximate surface area is 106 Å². The summed E-state index contributed by atoms with van der Waals surface area (Å²) in [5, 5.41) is 3.48. The number of halogens is 2. The maximum atomic E-state index is 13.1. The number of nitrogens with one attached hydrogen (secondary N) is 1. The molecule has 1 unspecified atom stereocenters. The molecular formula is C13H17ClFNO. The van der Waals surface area contributed by atoms with Crippen LogP contribution in [-0.2, 0) is 11.3 Å². The Morgan fingerprint density at radius 3 is 3.06 bits per heavy atom. The van der Waals surface area contributed by atoms with Gasteiger partial charge in [0, 0.05) is 6.61 Å². The lowest BCUT2D eigenvalue weighted by Gasteiger charge is -2.09. The fourth-order valence-corrected chi connectivity index (χ4v) is 2.15. The summed E-state index contributed by atoms with van der Waals surface area (Å²) in [7, 11) is 0. The van der Waals surface area contributed by atoms with E-state index in [2.05, 4.69) is 5.32 Å². The van der Waals surface area contributed by atoms with E-state index in [0.29, 0.717) is 6.61 Å². The molecule has 1 aromatic carbocycles. The summed E-state index contributed by atoms with van der Waals surface area (Å²) in [6.07, 6.45) is 2.31. The Morgan fingerprint density at radius 1 is 1.47 bits per heavy atom. The summed E-state index contributed by atoms with van der Waals surface area (Å²) >= 11 is 5.61. The monoisotopic (exact) mass is 257 g/mol. The standard InChI is InChI=1S/C13H17ClFNO/c14-12-2-1-11(7-13(12)15)9-17-6-4-10-3-5-16-8-10/h1-2,7,10,16H,3-6,8-9H2. The average molecular weight is 258 g/mol. The lowest BCUT2D eigenvalue weighted by atomic mass is 10.1. The van der Waals surface area contributed by atoms with E-state index in [-0.39, 0.29) is 10.8 Å². The third-order valence-electron chi connectivity index (χ3n) is 3.09. The van der Waals surface area contributed by atoms with Gasteiger partial charge in [0.15, 0.2) is 0 Å². The van der Waals surface area contributed by atoms with Crippen LogP contribution >= 0.6 is 11.6 Å². The molecule has 17 heavy (non-hydrogen) atoms. The third-order valence-corrected chi connectivity index (χ3v) is 3.39. The number of benzene rings is 1. The molecular weight excluding hydrogens is 241 g/mol. The Balaban J connectivity index is 1.68. The summed E-state index contributed by atoms with van der Waals surface area (Å²) in [6.45, 7) is 3.40. The molecule has 1 aliphatic rings. The van der Waals surface area contributed by atoms with Crippen molar-refractivity contribution in [2.45, 2.75) is 19.4 Å². The molecule has 0 aliphatic carbocycles. The van der Waals surface area contributed by atoms with Crippen molar-refractivity contribution in [2.24, 2.45) is 5.92 Å². The Bertz CT molecular complexity index is 366. The van der Waals surface area contributed by atoms with E-state index < -0.39 is 0 Å². The number of hydrogen-bond acceptors (Lipinski definition) is 2. The topological polar surface area (TPSA) is 21.3 Å². The van der Waals surface area contributed by atoms with Gasteiger partial charge in [0.05, 0.1) is 11.6 Å². The molecule has 0 bridgehead atoms. The Morgan fingerprint density at radius 2 is 2.35 bits per heavy atom. The molecule has 0 amide bonds. The number of ether oxygens (including phenoxy) is 1. The van der Waals surface area contributed by atoms with E-state index in [1.807, 2.05) is 0 Å². The lowest BCUT2D eigenvalue weighted by molar-refractivity contribution is 0.109. The molecule has 0 aromatic heterocycles. The molecule has 1 saturated heterocycles. The van der Waals surface area contributed by atoms with E-state index in [1.54, 1.807) is 12.1 Å². The second-order valence-electron chi connectivity index (χ2n) is 4.45. The van der Waals surface area contributed by atoms with Gasteiger partial charge in [-0.15, -0.1) is 0 Å². The molecule has 94 valence electrons. The highest BCUT2D eigenvalue weighted by molar-refractivity contribution is 6.30. The van der Waals surface area contributed by atoms with Crippen molar-refractivity contribution in [3.8, 4) is 0 Å². The summed E-state index contributed by atoms with van der Waals surface area (Å²) in [5.41, 5.74) is 0.830.